The first-order chi connectivity index (χ1) is 17.6. The number of nitrogens with zero attached hydrogens (tertiary/aromatic N) is 3. The van der Waals surface area contributed by atoms with Gasteiger partial charge in [-0.3, -0.25) is 10.1 Å². The lowest BCUT2D eigenvalue weighted by Crippen LogP contribution is -2.13. The van der Waals surface area contributed by atoms with Crippen molar-refractivity contribution in [3.05, 3.63) is 58.7 Å². The van der Waals surface area contributed by atoms with Crippen LogP contribution in [0.1, 0.15) is 23.6 Å². The SMILES string of the molecule is CCc1cc(C)cc(OCCOc2ccc(C=C(C#N)C(=O)Nc3nnc(S(C)(=O)=O)s3)cc2OC)c1. The summed E-state index contributed by atoms with van der Waals surface area (Å²) in [5.74, 6) is 0.929. The predicted octanol–water partition coefficient (Wildman–Crippen LogP) is 3.82. The molecule has 194 valence electrons. The summed E-state index contributed by atoms with van der Waals surface area (Å²) in [6.07, 6.45) is 3.28. The maximum absolute atomic E-state index is 12.5. The first-order valence-electron chi connectivity index (χ1n) is 11.1. The Hall–Kier alpha value is -3.95. The van der Waals surface area contributed by atoms with Crippen molar-refractivity contribution in [2.45, 2.75) is 24.6 Å². The van der Waals surface area contributed by atoms with E-state index in [9.17, 15) is 18.5 Å². The summed E-state index contributed by atoms with van der Waals surface area (Å²) in [4.78, 5) is 12.5. The quantitative estimate of drug-likeness (QED) is 0.166. The smallest absolute Gasteiger partial charge is 0.268 e. The number of aryl methyl sites for hydroxylation is 2. The molecule has 0 radical (unpaired) electrons. The molecule has 37 heavy (non-hydrogen) atoms. The van der Waals surface area contributed by atoms with E-state index in [1.807, 2.05) is 25.1 Å². The number of anilines is 1. The van der Waals surface area contributed by atoms with Gasteiger partial charge in [0.1, 0.15) is 30.6 Å². The molecule has 0 saturated heterocycles. The molecule has 10 nitrogen and oxygen atoms in total. The van der Waals surface area contributed by atoms with Crippen molar-refractivity contribution < 1.29 is 27.4 Å². The molecule has 0 aliphatic carbocycles. The van der Waals surface area contributed by atoms with Gasteiger partial charge in [-0.05, 0) is 60.4 Å². The highest BCUT2D eigenvalue weighted by Gasteiger charge is 2.18. The van der Waals surface area contributed by atoms with Crippen LogP contribution in [0.2, 0.25) is 0 Å². The van der Waals surface area contributed by atoms with Gasteiger partial charge >= 0.3 is 0 Å². The second-order valence-electron chi connectivity index (χ2n) is 7.88. The Morgan fingerprint density at radius 2 is 1.89 bits per heavy atom. The fraction of sp³-hybridized carbons (Fsp3) is 0.280. The number of hydrogen-bond acceptors (Lipinski definition) is 10. The van der Waals surface area contributed by atoms with Crippen LogP contribution >= 0.6 is 11.3 Å². The van der Waals surface area contributed by atoms with E-state index in [0.717, 1.165) is 24.0 Å². The predicted molar refractivity (Wildman–Crippen MR) is 140 cm³/mol. The highest BCUT2D eigenvalue weighted by molar-refractivity contribution is 7.92. The fourth-order valence-corrected chi connectivity index (χ4v) is 4.71. The van der Waals surface area contributed by atoms with Gasteiger partial charge in [-0.1, -0.05) is 30.4 Å². The number of aromatic nitrogens is 2. The van der Waals surface area contributed by atoms with E-state index in [-0.39, 0.29) is 21.7 Å². The summed E-state index contributed by atoms with van der Waals surface area (Å²) in [6.45, 7) is 4.73. The number of hydrogen-bond donors (Lipinski definition) is 1. The standard InChI is InChI=1S/C25H26N4O6S2/c1-5-17-10-16(2)11-20(13-17)34-8-9-35-21-7-6-18(14-22(21)33-3)12-19(15-26)23(30)27-24-28-29-25(36-24)37(4,31)32/h6-7,10-14H,5,8-9H2,1-4H3,(H,27,28,30). The molecule has 0 unspecified atom stereocenters. The van der Waals surface area contributed by atoms with Gasteiger partial charge in [0, 0.05) is 6.26 Å². The monoisotopic (exact) mass is 542 g/mol. The fourth-order valence-electron chi connectivity index (χ4n) is 3.21. The number of rotatable bonds is 11. The maximum Gasteiger partial charge on any atom is 0.268 e. The maximum atomic E-state index is 12.5. The molecule has 12 heteroatoms. The molecular weight excluding hydrogens is 516 g/mol. The summed E-state index contributed by atoms with van der Waals surface area (Å²) in [7, 11) is -2.07. The van der Waals surface area contributed by atoms with Gasteiger partial charge in [0.15, 0.2) is 11.5 Å². The van der Waals surface area contributed by atoms with Gasteiger partial charge in [-0.2, -0.15) is 5.26 Å². The van der Waals surface area contributed by atoms with Crippen LogP contribution in [-0.2, 0) is 21.1 Å². The summed E-state index contributed by atoms with van der Waals surface area (Å²) < 4.78 is 39.9. The molecule has 1 heterocycles. The molecule has 0 spiro atoms. The van der Waals surface area contributed by atoms with Crippen molar-refractivity contribution in [3.8, 4) is 23.3 Å². The minimum absolute atomic E-state index is 0.0355. The Kier molecular flexibility index (Phi) is 9.21. The van der Waals surface area contributed by atoms with Crippen LogP contribution in [0, 0.1) is 18.3 Å². The average molecular weight is 543 g/mol. The zero-order valence-electron chi connectivity index (χ0n) is 20.8. The lowest BCUT2D eigenvalue weighted by Gasteiger charge is -2.13. The van der Waals surface area contributed by atoms with Crippen molar-refractivity contribution in [2.24, 2.45) is 0 Å². The normalized spacial score (nSPS) is 11.5. The van der Waals surface area contributed by atoms with E-state index in [0.29, 0.717) is 35.0 Å². The molecule has 0 aliphatic heterocycles. The number of nitrogens with one attached hydrogen (secondary N) is 1. The number of methoxy groups -OCH3 is 1. The first-order valence-corrected chi connectivity index (χ1v) is 13.8. The van der Waals surface area contributed by atoms with Crippen molar-refractivity contribution in [1.82, 2.24) is 10.2 Å². The number of sulfone groups is 1. The molecule has 0 saturated carbocycles. The van der Waals surface area contributed by atoms with Gasteiger partial charge in [0.05, 0.1) is 7.11 Å². The lowest BCUT2D eigenvalue weighted by molar-refractivity contribution is -0.112. The van der Waals surface area contributed by atoms with Crippen molar-refractivity contribution in [2.75, 3.05) is 31.9 Å². The molecule has 1 N–H and O–H groups in total. The van der Waals surface area contributed by atoms with Crippen LogP contribution < -0.4 is 19.5 Å². The Bertz CT molecular complexity index is 1460. The second-order valence-corrected chi connectivity index (χ2v) is 11.1. The number of ether oxygens (including phenoxy) is 3. The summed E-state index contributed by atoms with van der Waals surface area (Å²) >= 11 is 0.695. The molecule has 0 fully saturated rings. The zero-order chi connectivity index (χ0) is 27.0. The molecule has 2 aromatic carbocycles. The number of amides is 1. The third-order valence-corrected chi connectivity index (χ3v) is 7.44. The van der Waals surface area contributed by atoms with Gasteiger partial charge in [-0.15, -0.1) is 10.2 Å². The van der Waals surface area contributed by atoms with Crippen molar-refractivity contribution in [1.29, 1.82) is 5.26 Å². The van der Waals surface area contributed by atoms with E-state index in [1.54, 1.807) is 18.2 Å². The molecule has 1 amide bonds. The van der Waals surface area contributed by atoms with Crippen LogP contribution in [0.25, 0.3) is 6.08 Å². The van der Waals surface area contributed by atoms with Gasteiger partial charge < -0.3 is 14.2 Å². The van der Waals surface area contributed by atoms with E-state index in [1.165, 1.54) is 18.7 Å². The van der Waals surface area contributed by atoms with E-state index in [4.69, 9.17) is 14.2 Å². The minimum atomic E-state index is -3.55. The van der Waals surface area contributed by atoms with Crippen LogP contribution in [0.3, 0.4) is 0 Å². The Morgan fingerprint density at radius 1 is 1.14 bits per heavy atom. The number of carbonyl (C=O) groups excluding carboxylic acids is 1. The van der Waals surface area contributed by atoms with Crippen molar-refractivity contribution in [3.63, 3.8) is 0 Å². The average Bonchev–Trinajstić information content (AvgIpc) is 3.34. The van der Waals surface area contributed by atoms with E-state index in [2.05, 4.69) is 28.5 Å². The lowest BCUT2D eigenvalue weighted by atomic mass is 10.1. The Balaban J connectivity index is 1.64. The van der Waals surface area contributed by atoms with Gasteiger partial charge in [-0.25, -0.2) is 8.42 Å². The highest BCUT2D eigenvalue weighted by atomic mass is 32.2. The largest absolute Gasteiger partial charge is 0.493 e. The number of nitriles is 1. The highest BCUT2D eigenvalue weighted by Crippen LogP contribution is 2.29. The summed E-state index contributed by atoms with van der Waals surface area (Å²) in [6, 6.07) is 12.9. The second kappa shape index (κ2) is 12.3. The summed E-state index contributed by atoms with van der Waals surface area (Å²) in [5.41, 5.74) is 2.64. The summed E-state index contributed by atoms with van der Waals surface area (Å²) in [5, 5.41) is 19.0. The Labute approximate surface area is 219 Å². The third kappa shape index (κ3) is 7.77. The first kappa shape index (κ1) is 27.6. The topological polar surface area (TPSA) is 140 Å². The molecule has 3 aromatic rings. The minimum Gasteiger partial charge on any atom is -0.493 e. The van der Waals surface area contributed by atoms with Crippen LogP contribution in [0.15, 0.2) is 46.3 Å². The molecular formula is C25H26N4O6S2. The van der Waals surface area contributed by atoms with E-state index >= 15 is 0 Å². The van der Waals surface area contributed by atoms with Crippen molar-refractivity contribution >= 4 is 38.3 Å². The van der Waals surface area contributed by atoms with Crippen LogP contribution in [0.5, 0.6) is 17.2 Å². The zero-order valence-corrected chi connectivity index (χ0v) is 22.4. The molecule has 0 bridgehead atoms. The number of carbonyl (C=O) groups is 1. The molecule has 1 aromatic heterocycles. The van der Waals surface area contributed by atoms with Gasteiger partial charge in [0.25, 0.3) is 5.91 Å². The van der Waals surface area contributed by atoms with Gasteiger partial charge in [0.2, 0.25) is 19.3 Å². The number of benzene rings is 2. The van der Waals surface area contributed by atoms with Crippen LogP contribution in [-0.4, -0.2) is 51.1 Å². The molecule has 0 aliphatic rings. The van der Waals surface area contributed by atoms with Crippen LogP contribution in [0.4, 0.5) is 5.13 Å². The molecule has 3 rings (SSSR count). The Morgan fingerprint density at radius 3 is 2.54 bits per heavy atom. The molecule has 0 atom stereocenters. The van der Waals surface area contributed by atoms with E-state index < -0.39 is 15.7 Å². The third-order valence-electron chi connectivity index (χ3n) is 4.94.